The number of benzene rings is 4. The van der Waals surface area contributed by atoms with E-state index in [1.54, 1.807) is 0 Å². The third-order valence-electron chi connectivity index (χ3n) is 4.23. The standard InChI is InChI=1S/C20H14I2N2/c21-15-2-4-18-14(7-15)6-12(9-19(18)23)11-1-3-17-13(5-11)8-16(22)10-20(17)24/h1-10H,23-24H2. The van der Waals surface area contributed by atoms with Gasteiger partial charge in [0, 0.05) is 29.3 Å². The summed E-state index contributed by atoms with van der Waals surface area (Å²) >= 11 is 4.63. The van der Waals surface area contributed by atoms with Crippen LogP contribution in [0, 0.1) is 7.14 Å². The molecule has 4 aromatic carbocycles. The average molecular weight is 536 g/mol. The third kappa shape index (κ3) is 2.82. The molecule has 2 nitrogen and oxygen atoms in total. The fourth-order valence-electron chi connectivity index (χ4n) is 3.08. The predicted molar refractivity (Wildman–Crippen MR) is 121 cm³/mol. The molecular weight excluding hydrogens is 522 g/mol. The summed E-state index contributed by atoms with van der Waals surface area (Å²) < 4.78 is 2.35. The van der Waals surface area contributed by atoms with Crippen molar-refractivity contribution in [2.45, 2.75) is 0 Å². The fourth-order valence-corrected chi connectivity index (χ4v) is 4.26. The molecule has 0 unspecified atom stereocenters. The topological polar surface area (TPSA) is 52.0 Å². The molecule has 0 aliphatic rings. The largest absolute Gasteiger partial charge is 0.398 e. The number of hydrogen-bond donors (Lipinski definition) is 2. The van der Waals surface area contributed by atoms with Crippen molar-refractivity contribution < 1.29 is 0 Å². The summed E-state index contributed by atoms with van der Waals surface area (Å²) in [5.74, 6) is 0. The lowest BCUT2D eigenvalue weighted by atomic mass is 9.97. The van der Waals surface area contributed by atoms with Gasteiger partial charge in [0.2, 0.25) is 0 Å². The van der Waals surface area contributed by atoms with Crippen molar-refractivity contribution in [1.29, 1.82) is 0 Å². The van der Waals surface area contributed by atoms with Gasteiger partial charge in [-0.15, -0.1) is 0 Å². The first-order valence-corrected chi connectivity index (χ1v) is 9.65. The molecule has 118 valence electrons. The molecular formula is C20H14I2N2. The van der Waals surface area contributed by atoms with E-state index >= 15 is 0 Å². The zero-order valence-electron chi connectivity index (χ0n) is 12.7. The maximum atomic E-state index is 6.28. The van der Waals surface area contributed by atoms with Crippen molar-refractivity contribution >= 4 is 78.1 Å². The van der Waals surface area contributed by atoms with Crippen molar-refractivity contribution in [2.24, 2.45) is 0 Å². The maximum Gasteiger partial charge on any atom is 0.0404 e. The quantitative estimate of drug-likeness (QED) is 0.231. The molecule has 4 heteroatoms. The van der Waals surface area contributed by atoms with Gasteiger partial charge in [0.25, 0.3) is 0 Å². The average Bonchev–Trinajstić information content (AvgIpc) is 2.53. The summed E-state index contributed by atoms with van der Waals surface area (Å²) in [6, 6.07) is 21.1. The summed E-state index contributed by atoms with van der Waals surface area (Å²) in [6.07, 6.45) is 0. The Morgan fingerprint density at radius 1 is 0.542 bits per heavy atom. The van der Waals surface area contributed by atoms with Crippen LogP contribution < -0.4 is 11.5 Å². The van der Waals surface area contributed by atoms with Gasteiger partial charge in [-0.3, -0.25) is 0 Å². The molecule has 0 aromatic heterocycles. The van der Waals surface area contributed by atoms with Gasteiger partial charge in [-0.1, -0.05) is 18.2 Å². The second-order valence-electron chi connectivity index (χ2n) is 5.86. The van der Waals surface area contributed by atoms with E-state index in [1.807, 2.05) is 12.1 Å². The summed E-state index contributed by atoms with van der Waals surface area (Å²) in [7, 11) is 0. The minimum absolute atomic E-state index is 0.807. The summed E-state index contributed by atoms with van der Waals surface area (Å²) in [5, 5.41) is 4.50. The first-order chi connectivity index (χ1) is 11.5. The monoisotopic (exact) mass is 536 g/mol. The molecule has 0 heterocycles. The van der Waals surface area contributed by atoms with Crippen molar-refractivity contribution in [2.75, 3.05) is 11.5 Å². The third-order valence-corrected chi connectivity index (χ3v) is 5.52. The predicted octanol–water partition coefficient (Wildman–Crippen LogP) is 6.03. The lowest BCUT2D eigenvalue weighted by Crippen LogP contribution is -1.91. The molecule has 0 radical (unpaired) electrons. The van der Waals surface area contributed by atoms with Crippen LogP contribution in [0.5, 0.6) is 0 Å². The molecule has 0 bridgehead atoms. The molecule has 0 spiro atoms. The Balaban J connectivity index is 1.95. The Hall–Kier alpha value is -1.54. The summed E-state index contributed by atoms with van der Waals surface area (Å²) in [4.78, 5) is 0. The van der Waals surface area contributed by atoms with Gasteiger partial charge in [-0.25, -0.2) is 0 Å². The van der Waals surface area contributed by atoms with Crippen LogP contribution in [0.15, 0.2) is 60.7 Å². The van der Waals surface area contributed by atoms with Gasteiger partial charge in [-0.05, 0) is 110 Å². The van der Waals surface area contributed by atoms with E-state index in [-0.39, 0.29) is 0 Å². The molecule has 0 fully saturated rings. The highest BCUT2D eigenvalue weighted by Crippen LogP contribution is 2.33. The van der Waals surface area contributed by atoms with Crippen LogP contribution in [0.3, 0.4) is 0 Å². The molecule has 0 saturated heterocycles. The second-order valence-corrected chi connectivity index (χ2v) is 8.35. The van der Waals surface area contributed by atoms with E-state index in [0.29, 0.717) is 0 Å². The van der Waals surface area contributed by atoms with Crippen LogP contribution in [-0.2, 0) is 0 Å². The molecule has 4 N–H and O–H groups in total. The number of nitrogen functional groups attached to an aromatic ring is 2. The van der Waals surface area contributed by atoms with E-state index in [1.165, 1.54) is 8.96 Å². The van der Waals surface area contributed by atoms with E-state index in [2.05, 4.69) is 93.7 Å². The zero-order chi connectivity index (χ0) is 16.8. The minimum atomic E-state index is 0.807. The van der Waals surface area contributed by atoms with Crippen LogP contribution in [0.1, 0.15) is 0 Å². The number of hydrogen-bond acceptors (Lipinski definition) is 2. The number of fused-ring (bicyclic) bond motifs is 2. The normalized spacial score (nSPS) is 11.2. The van der Waals surface area contributed by atoms with Crippen molar-refractivity contribution in [1.82, 2.24) is 0 Å². The lowest BCUT2D eigenvalue weighted by Gasteiger charge is -2.10. The van der Waals surface area contributed by atoms with Crippen LogP contribution in [0.25, 0.3) is 32.7 Å². The molecule has 0 saturated carbocycles. The zero-order valence-corrected chi connectivity index (χ0v) is 17.0. The summed E-state index contributed by atoms with van der Waals surface area (Å²) in [6.45, 7) is 0. The highest BCUT2D eigenvalue weighted by atomic mass is 127. The van der Waals surface area contributed by atoms with Crippen LogP contribution >= 0.6 is 45.2 Å². The van der Waals surface area contributed by atoms with Gasteiger partial charge in [0.15, 0.2) is 0 Å². The van der Waals surface area contributed by atoms with Gasteiger partial charge < -0.3 is 11.5 Å². The number of anilines is 2. The molecule has 4 aromatic rings. The van der Waals surface area contributed by atoms with Crippen LogP contribution in [0.2, 0.25) is 0 Å². The Kier molecular flexibility index (Phi) is 4.04. The number of halogens is 2. The van der Waals surface area contributed by atoms with Gasteiger partial charge >= 0.3 is 0 Å². The summed E-state index contributed by atoms with van der Waals surface area (Å²) in [5.41, 5.74) is 16.3. The molecule has 24 heavy (non-hydrogen) atoms. The van der Waals surface area contributed by atoms with Crippen LogP contribution in [-0.4, -0.2) is 0 Å². The first kappa shape index (κ1) is 16.0. The smallest absolute Gasteiger partial charge is 0.0404 e. The Labute approximate surface area is 167 Å². The van der Waals surface area contributed by atoms with Crippen molar-refractivity contribution in [3.63, 3.8) is 0 Å². The maximum absolute atomic E-state index is 6.28. The SMILES string of the molecule is Nc1cc(I)cc2cc(-c3cc(N)c4ccc(I)cc4c3)ccc12. The lowest BCUT2D eigenvalue weighted by molar-refractivity contribution is 1.64. The van der Waals surface area contributed by atoms with Crippen molar-refractivity contribution in [3.05, 3.63) is 67.8 Å². The van der Waals surface area contributed by atoms with E-state index in [9.17, 15) is 0 Å². The van der Waals surface area contributed by atoms with E-state index in [0.717, 1.165) is 42.2 Å². The molecule has 0 aliphatic carbocycles. The van der Waals surface area contributed by atoms with Gasteiger partial charge in [-0.2, -0.15) is 0 Å². The van der Waals surface area contributed by atoms with Gasteiger partial charge in [0.1, 0.15) is 0 Å². The molecule has 0 amide bonds. The Morgan fingerprint density at radius 3 is 1.88 bits per heavy atom. The van der Waals surface area contributed by atoms with E-state index in [4.69, 9.17) is 11.5 Å². The Bertz CT molecular complexity index is 1100. The molecule has 0 aliphatic heterocycles. The molecule has 4 rings (SSSR count). The molecule has 0 atom stereocenters. The van der Waals surface area contributed by atoms with E-state index < -0.39 is 0 Å². The second kappa shape index (κ2) is 6.07. The van der Waals surface area contributed by atoms with Crippen LogP contribution in [0.4, 0.5) is 11.4 Å². The number of nitrogens with two attached hydrogens (primary N) is 2. The van der Waals surface area contributed by atoms with Gasteiger partial charge in [0.05, 0.1) is 0 Å². The Morgan fingerprint density at radius 2 is 1.12 bits per heavy atom. The minimum Gasteiger partial charge on any atom is -0.398 e. The first-order valence-electron chi connectivity index (χ1n) is 7.49. The number of rotatable bonds is 1. The highest BCUT2D eigenvalue weighted by molar-refractivity contribution is 14.1. The fraction of sp³-hybridized carbons (Fsp3) is 0. The highest BCUT2D eigenvalue weighted by Gasteiger charge is 2.07. The van der Waals surface area contributed by atoms with Crippen molar-refractivity contribution in [3.8, 4) is 11.1 Å².